The van der Waals surface area contributed by atoms with Crippen LogP contribution >= 0.6 is 15.9 Å². The number of benzene rings is 2. The van der Waals surface area contributed by atoms with Gasteiger partial charge >= 0.3 is 5.69 Å². The zero-order chi connectivity index (χ0) is 22.0. The number of ether oxygens (including phenoxy) is 1. The summed E-state index contributed by atoms with van der Waals surface area (Å²) in [4.78, 5) is 32.7. The normalized spacial score (nSPS) is 11.2. The molecule has 0 aliphatic heterocycles. The first-order chi connectivity index (χ1) is 15.0. The Balaban J connectivity index is 2.00. The molecule has 0 amide bonds. The van der Waals surface area contributed by atoms with E-state index in [0.717, 1.165) is 28.4 Å². The summed E-state index contributed by atoms with van der Waals surface area (Å²) >= 11 is 3.53. The number of unbranched alkanes of at least 4 members (excludes halogenated alkanes) is 1. The SMILES string of the molecule is CCCCn1c(=O)[nH]c(=O)c2c1nc(-c1ccc(OC)c(Br)c1)n2Cc1ccccc1. The molecule has 2 aromatic carbocycles. The molecule has 8 heteroatoms. The Bertz CT molecular complexity index is 1340. The molecule has 0 radical (unpaired) electrons. The molecule has 4 aromatic rings. The molecule has 0 saturated heterocycles. The molecule has 2 aromatic heterocycles. The van der Waals surface area contributed by atoms with Crippen LogP contribution in [0.5, 0.6) is 5.75 Å². The van der Waals surface area contributed by atoms with Crippen LogP contribution in [0.1, 0.15) is 25.3 Å². The minimum absolute atomic E-state index is 0.390. The highest BCUT2D eigenvalue weighted by atomic mass is 79.9. The number of aromatic amines is 1. The molecule has 0 aliphatic carbocycles. The van der Waals surface area contributed by atoms with E-state index in [1.807, 2.05) is 53.1 Å². The highest BCUT2D eigenvalue weighted by molar-refractivity contribution is 9.10. The van der Waals surface area contributed by atoms with Gasteiger partial charge < -0.3 is 9.30 Å². The number of fused-ring (bicyclic) bond motifs is 1. The molecule has 0 fully saturated rings. The van der Waals surface area contributed by atoms with E-state index >= 15 is 0 Å². The quantitative estimate of drug-likeness (QED) is 0.428. The number of nitrogens with one attached hydrogen (secondary N) is 1. The number of halogens is 1. The maximum absolute atomic E-state index is 12.9. The summed E-state index contributed by atoms with van der Waals surface area (Å²) < 4.78 is 9.56. The lowest BCUT2D eigenvalue weighted by Crippen LogP contribution is -2.31. The van der Waals surface area contributed by atoms with Gasteiger partial charge in [-0.15, -0.1) is 0 Å². The first-order valence-corrected chi connectivity index (χ1v) is 10.9. The molecule has 0 unspecified atom stereocenters. The fourth-order valence-corrected chi connectivity index (χ4v) is 4.18. The first kappa shape index (κ1) is 21.1. The second-order valence-electron chi connectivity index (χ2n) is 7.29. The van der Waals surface area contributed by atoms with Gasteiger partial charge in [0.25, 0.3) is 5.56 Å². The van der Waals surface area contributed by atoms with Crippen molar-refractivity contribution in [2.24, 2.45) is 0 Å². The topological polar surface area (TPSA) is 81.9 Å². The third-order valence-electron chi connectivity index (χ3n) is 5.21. The Kier molecular flexibility index (Phi) is 6.08. The van der Waals surface area contributed by atoms with Crippen molar-refractivity contribution in [3.8, 4) is 17.1 Å². The zero-order valence-corrected chi connectivity index (χ0v) is 19.0. The summed E-state index contributed by atoms with van der Waals surface area (Å²) in [6.45, 7) is 3.00. The smallest absolute Gasteiger partial charge is 0.330 e. The number of imidazole rings is 1. The van der Waals surface area contributed by atoms with E-state index in [1.165, 1.54) is 0 Å². The van der Waals surface area contributed by atoms with Crippen molar-refractivity contribution in [1.29, 1.82) is 0 Å². The summed E-state index contributed by atoms with van der Waals surface area (Å²) in [6, 6.07) is 15.5. The fourth-order valence-electron chi connectivity index (χ4n) is 3.64. The van der Waals surface area contributed by atoms with Gasteiger partial charge in [-0.2, -0.15) is 0 Å². The number of nitrogens with zero attached hydrogens (tertiary/aromatic N) is 3. The van der Waals surface area contributed by atoms with Crippen LogP contribution in [-0.4, -0.2) is 26.2 Å². The predicted molar refractivity (Wildman–Crippen MR) is 125 cm³/mol. The third-order valence-corrected chi connectivity index (χ3v) is 5.83. The van der Waals surface area contributed by atoms with Gasteiger partial charge in [-0.3, -0.25) is 14.3 Å². The number of aromatic nitrogens is 4. The maximum Gasteiger partial charge on any atom is 0.330 e. The lowest BCUT2D eigenvalue weighted by molar-refractivity contribution is 0.412. The van der Waals surface area contributed by atoms with Crippen LogP contribution in [0.3, 0.4) is 0 Å². The number of methoxy groups -OCH3 is 1. The molecule has 4 rings (SSSR count). The number of H-pyrrole nitrogens is 1. The standard InChI is InChI=1S/C23H23BrN4O3/c1-3-4-12-27-21-19(22(29)26-23(27)30)28(14-15-8-6-5-7-9-15)20(25-21)16-10-11-18(31-2)17(24)13-16/h5-11,13H,3-4,12,14H2,1-2H3,(H,26,29,30). The molecular formula is C23H23BrN4O3. The molecular weight excluding hydrogens is 460 g/mol. The van der Waals surface area contributed by atoms with Crippen LogP contribution in [0.2, 0.25) is 0 Å². The average molecular weight is 483 g/mol. The van der Waals surface area contributed by atoms with Crippen molar-refractivity contribution in [2.45, 2.75) is 32.9 Å². The van der Waals surface area contributed by atoms with Gasteiger partial charge in [0.05, 0.1) is 11.6 Å². The highest BCUT2D eigenvalue weighted by Crippen LogP contribution is 2.31. The Hall–Kier alpha value is -3.13. The molecule has 31 heavy (non-hydrogen) atoms. The van der Waals surface area contributed by atoms with E-state index < -0.39 is 11.2 Å². The van der Waals surface area contributed by atoms with Crippen molar-refractivity contribution in [3.05, 3.63) is 79.4 Å². The maximum atomic E-state index is 12.9. The Labute approximate surface area is 187 Å². The number of aryl methyl sites for hydroxylation is 1. The molecule has 0 aliphatic rings. The second kappa shape index (κ2) is 8.93. The van der Waals surface area contributed by atoms with E-state index in [2.05, 4.69) is 27.8 Å². The van der Waals surface area contributed by atoms with Crippen LogP contribution in [0.25, 0.3) is 22.6 Å². The van der Waals surface area contributed by atoms with Crippen LogP contribution < -0.4 is 16.0 Å². The van der Waals surface area contributed by atoms with E-state index in [-0.39, 0.29) is 0 Å². The van der Waals surface area contributed by atoms with Crippen molar-refractivity contribution < 1.29 is 4.74 Å². The fraction of sp³-hybridized carbons (Fsp3) is 0.261. The van der Waals surface area contributed by atoms with Crippen LogP contribution in [0.4, 0.5) is 0 Å². The summed E-state index contributed by atoms with van der Waals surface area (Å²) in [5.41, 5.74) is 1.77. The second-order valence-corrected chi connectivity index (χ2v) is 8.15. The molecule has 0 atom stereocenters. The Morgan fingerprint density at radius 3 is 2.55 bits per heavy atom. The van der Waals surface area contributed by atoms with Gasteiger partial charge in [0.1, 0.15) is 11.6 Å². The van der Waals surface area contributed by atoms with E-state index in [1.54, 1.807) is 11.7 Å². The minimum Gasteiger partial charge on any atom is -0.496 e. The van der Waals surface area contributed by atoms with Crippen LogP contribution in [-0.2, 0) is 13.1 Å². The van der Waals surface area contributed by atoms with E-state index in [4.69, 9.17) is 9.72 Å². The Morgan fingerprint density at radius 1 is 1.10 bits per heavy atom. The number of rotatable bonds is 7. The van der Waals surface area contributed by atoms with Crippen molar-refractivity contribution >= 4 is 27.1 Å². The lowest BCUT2D eigenvalue weighted by atomic mass is 10.2. The zero-order valence-electron chi connectivity index (χ0n) is 17.4. The molecule has 7 nitrogen and oxygen atoms in total. The highest BCUT2D eigenvalue weighted by Gasteiger charge is 2.20. The van der Waals surface area contributed by atoms with Gasteiger partial charge in [0.15, 0.2) is 11.2 Å². The van der Waals surface area contributed by atoms with Gasteiger partial charge in [-0.25, -0.2) is 9.78 Å². The average Bonchev–Trinajstić information content (AvgIpc) is 3.13. The van der Waals surface area contributed by atoms with E-state index in [9.17, 15) is 9.59 Å². The van der Waals surface area contributed by atoms with E-state index in [0.29, 0.717) is 35.8 Å². The monoisotopic (exact) mass is 482 g/mol. The lowest BCUT2D eigenvalue weighted by Gasteiger charge is -2.11. The first-order valence-electron chi connectivity index (χ1n) is 10.1. The van der Waals surface area contributed by atoms with Gasteiger partial charge in [0.2, 0.25) is 0 Å². The summed E-state index contributed by atoms with van der Waals surface area (Å²) in [5, 5.41) is 0. The van der Waals surface area contributed by atoms with Crippen molar-refractivity contribution in [1.82, 2.24) is 19.1 Å². The number of hydrogen-bond donors (Lipinski definition) is 1. The molecule has 0 spiro atoms. The summed E-state index contributed by atoms with van der Waals surface area (Å²) in [5.74, 6) is 1.32. The van der Waals surface area contributed by atoms with Crippen LogP contribution in [0.15, 0.2) is 62.6 Å². The predicted octanol–water partition coefficient (Wildman–Crippen LogP) is 4.17. The number of hydrogen-bond acceptors (Lipinski definition) is 4. The minimum atomic E-state index is -0.435. The third kappa shape index (κ3) is 4.07. The summed E-state index contributed by atoms with van der Waals surface area (Å²) in [6.07, 6.45) is 1.74. The molecule has 0 bridgehead atoms. The molecule has 160 valence electrons. The van der Waals surface area contributed by atoms with Crippen LogP contribution in [0, 0.1) is 0 Å². The Morgan fingerprint density at radius 2 is 1.87 bits per heavy atom. The van der Waals surface area contributed by atoms with Gasteiger partial charge in [-0.1, -0.05) is 43.7 Å². The van der Waals surface area contributed by atoms with Gasteiger partial charge in [-0.05, 0) is 46.1 Å². The van der Waals surface area contributed by atoms with Crippen molar-refractivity contribution in [2.75, 3.05) is 7.11 Å². The molecule has 2 heterocycles. The molecule has 0 saturated carbocycles. The van der Waals surface area contributed by atoms with Crippen molar-refractivity contribution in [3.63, 3.8) is 0 Å². The largest absolute Gasteiger partial charge is 0.496 e. The van der Waals surface area contributed by atoms with Gasteiger partial charge in [0, 0.05) is 18.7 Å². The molecule has 1 N–H and O–H groups in total. The summed E-state index contributed by atoms with van der Waals surface area (Å²) in [7, 11) is 1.61.